The molecule has 0 saturated carbocycles. The zero-order chi connectivity index (χ0) is 17.7. The highest BCUT2D eigenvalue weighted by molar-refractivity contribution is 6.05. The maximum Gasteiger partial charge on any atom is 0.227 e. The predicted molar refractivity (Wildman–Crippen MR) is 104 cm³/mol. The van der Waals surface area contributed by atoms with E-state index < -0.39 is 0 Å². The summed E-state index contributed by atoms with van der Waals surface area (Å²) < 4.78 is 2.12. The molecule has 0 bridgehead atoms. The van der Waals surface area contributed by atoms with Gasteiger partial charge in [-0.3, -0.25) is 4.79 Å². The standard InChI is InChI=1S/C22H19N3O/c1-24-20-11-5-4-10-18(20)23-22(24)16-13-21(26)25(14-16)19-12-6-8-15-7-2-3-9-17(15)19/h2-12,16H,13-14H2,1H3/t16-/m0/s1. The molecule has 4 nitrogen and oxygen atoms in total. The number of aryl methyl sites for hydroxylation is 1. The van der Waals surface area contributed by atoms with E-state index in [1.165, 1.54) is 0 Å². The Kier molecular flexibility index (Phi) is 3.32. The Morgan fingerprint density at radius 3 is 2.62 bits per heavy atom. The Bertz CT molecular complexity index is 1140. The maximum absolute atomic E-state index is 12.8. The number of fused-ring (bicyclic) bond motifs is 2. The summed E-state index contributed by atoms with van der Waals surface area (Å²) in [6, 6.07) is 22.5. The monoisotopic (exact) mass is 341 g/mol. The number of anilines is 1. The first-order valence-electron chi connectivity index (χ1n) is 8.92. The van der Waals surface area contributed by atoms with Crippen molar-refractivity contribution in [1.29, 1.82) is 0 Å². The van der Waals surface area contributed by atoms with Crippen LogP contribution in [0.4, 0.5) is 5.69 Å². The molecule has 26 heavy (non-hydrogen) atoms. The molecule has 128 valence electrons. The minimum atomic E-state index is 0.110. The molecule has 1 aliphatic rings. The minimum absolute atomic E-state index is 0.110. The third-order valence-corrected chi connectivity index (χ3v) is 5.37. The Balaban J connectivity index is 1.55. The van der Waals surface area contributed by atoms with Crippen LogP contribution in [0.5, 0.6) is 0 Å². The van der Waals surface area contributed by atoms with E-state index in [-0.39, 0.29) is 11.8 Å². The van der Waals surface area contributed by atoms with E-state index in [0.29, 0.717) is 13.0 Å². The van der Waals surface area contributed by atoms with Crippen LogP contribution in [0.2, 0.25) is 0 Å². The fourth-order valence-electron chi connectivity index (χ4n) is 4.09. The lowest BCUT2D eigenvalue weighted by atomic mass is 10.1. The summed E-state index contributed by atoms with van der Waals surface area (Å²) in [5.41, 5.74) is 3.09. The number of benzene rings is 3. The third kappa shape index (κ3) is 2.22. The fourth-order valence-corrected chi connectivity index (χ4v) is 4.09. The average molecular weight is 341 g/mol. The molecule has 3 aromatic carbocycles. The number of aromatic nitrogens is 2. The van der Waals surface area contributed by atoms with Crippen molar-refractivity contribution in [3.8, 4) is 0 Å². The van der Waals surface area contributed by atoms with Gasteiger partial charge in [-0.2, -0.15) is 0 Å². The number of para-hydroxylation sites is 2. The van der Waals surface area contributed by atoms with Crippen molar-refractivity contribution >= 4 is 33.4 Å². The van der Waals surface area contributed by atoms with Crippen LogP contribution in [0, 0.1) is 0 Å². The van der Waals surface area contributed by atoms with Gasteiger partial charge in [0.15, 0.2) is 0 Å². The zero-order valence-electron chi connectivity index (χ0n) is 14.6. The van der Waals surface area contributed by atoms with Crippen LogP contribution < -0.4 is 4.90 Å². The molecular formula is C22H19N3O. The summed E-state index contributed by atoms with van der Waals surface area (Å²) in [6.45, 7) is 0.671. The number of rotatable bonds is 2. The second-order valence-electron chi connectivity index (χ2n) is 6.92. The summed E-state index contributed by atoms with van der Waals surface area (Å²) in [5.74, 6) is 1.26. The third-order valence-electron chi connectivity index (χ3n) is 5.37. The number of nitrogens with zero attached hydrogens (tertiary/aromatic N) is 3. The van der Waals surface area contributed by atoms with Crippen LogP contribution in [0.25, 0.3) is 21.8 Å². The molecule has 5 rings (SSSR count). The number of carbonyl (C=O) groups excluding carboxylic acids is 1. The highest BCUT2D eigenvalue weighted by Gasteiger charge is 2.34. The van der Waals surface area contributed by atoms with Crippen molar-refractivity contribution in [2.45, 2.75) is 12.3 Å². The van der Waals surface area contributed by atoms with Crippen LogP contribution in [0.15, 0.2) is 66.7 Å². The van der Waals surface area contributed by atoms with Crippen molar-refractivity contribution in [1.82, 2.24) is 9.55 Å². The van der Waals surface area contributed by atoms with E-state index in [1.807, 2.05) is 54.4 Å². The van der Waals surface area contributed by atoms with Gasteiger partial charge in [0.05, 0.1) is 16.7 Å². The van der Waals surface area contributed by atoms with Crippen molar-refractivity contribution in [2.75, 3.05) is 11.4 Å². The smallest absolute Gasteiger partial charge is 0.227 e. The number of hydrogen-bond donors (Lipinski definition) is 0. The van der Waals surface area contributed by atoms with Crippen molar-refractivity contribution in [2.24, 2.45) is 7.05 Å². The molecular weight excluding hydrogens is 322 g/mol. The Hall–Kier alpha value is -3.14. The van der Waals surface area contributed by atoms with Crippen LogP contribution in [0.1, 0.15) is 18.2 Å². The molecule has 0 N–H and O–H groups in total. The molecule has 0 aliphatic carbocycles. The van der Waals surface area contributed by atoms with E-state index in [0.717, 1.165) is 33.3 Å². The Morgan fingerprint density at radius 1 is 0.962 bits per heavy atom. The van der Waals surface area contributed by atoms with Gasteiger partial charge in [0.2, 0.25) is 5.91 Å². The maximum atomic E-state index is 12.8. The molecule has 1 atom stereocenters. The van der Waals surface area contributed by atoms with Gasteiger partial charge in [0.25, 0.3) is 0 Å². The van der Waals surface area contributed by atoms with Gasteiger partial charge >= 0.3 is 0 Å². The van der Waals surface area contributed by atoms with Crippen molar-refractivity contribution in [3.05, 3.63) is 72.6 Å². The van der Waals surface area contributed by atoms with E-state index in [4.69, 9.17) is 4.98 Å². The molecule has 0 spiro atoms. The van der Waals surface area contributed by atoms with Gasteiger partial charge in [-0.05, 0) is 23.6 Å². The van der Waals surface area contributed by atoms with Gasteiger partial charge in [0.1, 0.15) is 5.82 Å². The fraction of sp³-hybridized carbons (Fsp3) is 0.182. The molecule has 1 aromatic heterocycles. The van der Waals surface area contributed by atoms with Gasteiger partial charge < -0.3 is 9.47 Å². The summed E-state index contributed by atoms with van der Waals surface area (Å²) in [7, 11) is 2.04. The lowest BCUT2D eigenvalue weighted by molar-refractivity contribution is -0.117. The van der Waals surface area contributed by atoms with Crippen LogP contribution in [-0.2, 0) is 11.8 Å². The Morgan fingerprint density at radius 2 is 1.73 bits per heavy atom. The largest absolute Gasteiger partial charge is 0.331 e. The van der Waals surface area contributed by atoms with Gasteiger partial charge in [0, 0.05) is 31.3 Å². The molecule has 4 heteroatoms. The number of hydrogen-bond acceptors (Lipinski definition) is 2. The predicted octanol–water partition coefficient (Wildman–Crippen LogP) is 4.25. The van der Waals surface area contributed by atoms with E-state index in [2.05, 4.69) is 28.8 Å². The van der Waals surface area contributed by atoms with Crippen molar-refractivity contribution < 1.29 is 4.79 Å². The van der Waals surface area contributed by atoms with Crippen LogP contribution in [-0.4, -0.2) is 22.0 Å². The SMILES string of the molecule is Cn1c([C@H]2CC(=O)N(c3cccc4ccccc34)C2)nc2ccccc21. The van der Waals surface area contributed by atoms with Crippen LogP contribution in [0.3, 0.4) is 0 Å². The number of imidazole rings is 1. The van der Waals surface area contributed by atoms with Crippen LogP contribution >= 0.6 is 0 Å². The van der Waals surface area contributed by atoms with Crippen molar-refractivity contribution in [3.63, 3.8) is 0 Å². The number of amides is 1. The van der Waals surface area contributed by atoms with E-state index in [9.17, 15) is 4.79 Å². The highest BCUT2D eigenvalue weighted by Crippen LogP contribution is 2.35. The van der Waals surface area contributed by atoms with E-state index >= 15 is 0 Å². The quantitative estimate of drug-likeness (QED) is 0.547. The van der Waals surface area contributed by atoms with Gasteiger partial charge in [-0.1, -0.05) is 48.5 Å². The minimum Gasteiger partial charge on any atom is -0.331 e. The first-order valence-corrected chi connectivity index (χ1v) is 8.92. The summed E-state index contributed by atoms with van der Waals surface area (Å²) in [4.78, 5) is 19.5. The van der Waals surface area contributed by atoms with E-state index in [1.54, 1.807) is 0 Å². The normalized spacial score (nSPS) is 17.5. The molecule has 0 radical (unpaired) electrons. The molecule has 1 saturated heterocycles. The molecule has 1 amide bonds. The Labute approximate surface area is 151 Å². The molecule has 1 fully saturated rings. The molecule has 4 aromatic rings. The number of carbonyl (C=O) groups is 1. The second-order valence-corrected chi connectivity index (χ2v) is 6.92. The zero-order valence-corrected chi connectivity index (χ0v) is 14.6. The summed E-state index contributed by atoms with van der Waals surface area (Å²) >= 11 is 0. The van der Waals surface area contributed by atoms with Gasteiger partial charge in [-0.25, -0.2) is 4.98 Å². The molecule has 0 unspecified atom stereocenters. The van der Waals surface area contributed by atoms with Gasteiger partial charge in [-0.15, -0.1) is 0 Å². The summed E-state index contributed by atoms with van der Waals surface area (Å²) in [6.07, 6.45) is 0.500. The second kappa shape index (κ2) is 5.70. The topological polar surface area (TPSA) is 38.1 Å². The molecule has 2 heterocycles. The molecule has 1 aliphatic heterocycles. The first kappa shape index (κ1) is 15.1. The summed E-state index contributed by atoms with van der Waals surface area (Å²) in [5, 5.41) is 2.28. The highest BCUT2D eigenvalue weighted by atomic mass is 16.2. The lowest BCUT2D eigenvalue weighted by Crippen LogP contribution is -2.24. The first-order chi connectivity index (χ1) is 12.7. The average Bonchev–Trinajstić information content (AvgIpc) is 3.22. The lowest BCUT2D eigenvalue weighted by Gasteiger charge is -2.19.